The average molecular weight is 350 g/mol. The van der Waals surface area contributed by atoms with E-state index in [9.17, 15) is 4.79 Å². The molecule has 2 rings (SSSR count). The summed E-state index contributed by atoms with van der Waals surface area (Å²) in [5.74, 6) is 0.416. The van der Waals surface area contributed by atoms with Crippen LogP contribution in [0.2, 0.25) is 0 Å². The van der Waals surface area contributed by atoms with Gasteiger partial charge < -0.3 is 20.1 Å². The molecule has 7 heteroatoms. The third kappa shape index (κ3) is 4.67. The first-order valence-corrected chi connectivity index (χ1v) is 8.25. The molecule has 0 radical (unpaired) electrons. The lowest BCUT2D eigenvalue weighted by atomic mass is 10.3. The molecule has 0 bridgehead atoms. The Morgan fingerprint density at radius 2 is 1.96 bits per heavy atom. The molecular formula is C16H18N2O3S2. The summed E-state index contributed by atoms with van der Waals surface area (Å²) in [5, 5.41) is 7.18. The van der Waals surface area contributed by atoms with E-state index in [4.69, 9.17) is 21.7 Å². The van der Waals surface area contributed by atoms with Crippen LogP contribution in [0.1, 0.15) is 22.2 Å². The molecule has 5 nitrogen and oxygen atoms in total. The van der Waals surface area contributed by atoms with Crippen molar-refractivity contribution in [1.82, 2.24) is 0 Å². The molecule has 23 heavy (non-hydrogen) atoms. The van der Waals surface area contributed by atoms with Gasteiger partial charge in [-0.3, -0.25) is 0 Å². The highest BCUT2D eigenvalue weighted by molar-refractivity contribution is 7.80. The maximum Gasteiger partial charge on any atom is 0.340 e. The summed E-state index contributed by atoms with van der Waals surface area (Å²) in [6.07, 6.45) is 0. The zero-order valence-electron chi connectivity index (χ0n) is 13.1. The number of rotatable bonds is 5. The first kappa shape index (κ1) is 17.2. The number of carbonyl (C=O) groups excluding carboxylic acids is 1. The third-order valence-electron chi connectivity index (χ3n) is 2.91. The Hall–Kier alpha value is -2.12. The van der Waals surface area contributed by atoms with Gasteiger partial charge in [-0.25, -0.2) is 4.79 Å². The number of nitrogens with one attached hydrogen (secondary N) is 2. The van der Waals surface area contributed by atoms with Gasteiger partial charge in [0.25, 0.3) is 0 Å². The van der Waals surface area contributed by atoms with Crippen molar-refractivity contribution in [3.05, 3.63) is 40.8 Å². The Morgan fingerprint density at radius 3 is 2.57 bits per heavy atom. The predicted octanol–water partition coefficient (Wildman–Crippen LogP) is 4.05. The number of aryl methyl sites for hydroxylation is 1. The van der Waals surface area contributed by atoms with Crippen LogP contribution in [0.5, 0.6) is 5.75 Å². The van der Waals surface area contributed by atoms with E-state index < -0.39 is 0 Å². The summed E-state index contributed by atoms with van der Waals surface area (Å²) in [7, 11) is 1.36. The van der Waals surface area contributed by atoms with Crippen molar-refractivity contribution in [2.45, 2.75) is 13.8 Å². The minimum atomic E-state index is -0.388. The summed E-state index contributed by atoms with van der Waals surface area (Å²) >= 11 is 6.74. The largest absolute Gasteiger partial charge is 0.494 e. The number of carbonyl (C=O) groups is 1. The highest BCUT2D eigenvalue weighted by Crippen LogP contribution is 2.28. The highest BCUT2D eigenvalue weighted by atomic mass is 32.1. The SMILES string of the molecule is CCOc1ccc(NC(=S)Nc2sc(C)cc2C(=O)OC)cc1. The van der Waals surface area contributed by atoms with Crippen LogP contribution in [0.4, 0.5) is 10.7 Å². The Bertz CT molecular complexity index is 696. The fourth-order valence-electron chi connectivity index (χ4n) is 1.94. The quantitative estimate of drug-likeness (QED) is 0.627. The second-order valence-electron chi connectivity index (χ2n) is 4.63. The maximum absolute atomic E-state index is 11.8. The maximum atomic E-state index is 11.8. The van der Waals surface area contributed by atoms with Crippen molar-refractivity contribution in [3.63, 3.8) is 0 Å². The van der Waals surface area contributed by atoms with Crippen molar-refractivity contribution in [1.29, 1.82) is 0 Å². The first-order chi connectivity index (χ1) is 11.0. The van der Waals surface area contributed by atoms with Crippen LogP contribution in [0.25, 0.3) is 0 Å². The number of hydrogen-bond acceptors (Lipinski definition) is 5. The number of ether oxygens (including phenoxy) is 2. The van der Waals surface area contributed by atoms with Crippen molar-refractivity contribution in [3.8, 4) is 5.75 Å². The van der Waals surface area contributed by atoms with Gasteiger partial charge in [-0.2, -0.15) is 0 Å². The van der Waals surface area contributed by atoms with E-state index in [-0.39, 0.29) is 5.97 Å². The van der Waals surface area contributed by atoms with E-state index in [1.807, 2.05) is 38.1 Å². The molecule has 0 unspecified atom stereocenters. The van der Waals surface area contributed by atoms with Crippen molar-refractivity contribution in [2.24, 2.45) is 0 Å². The van der Waals surface area contributed by atoms with Gasteiger partial charge in [-0.1, -0.05) is 0 Å². The molecule has 0 spiro atoms. The van der Waals surface area contributed by atoms with Gasteiger partial charge in [0.2, 0.25) is 0 Å². The average Bonchev–Trinajstić information content (AvgIpc) is 2.89. The summed E-state index contributed by atoms with van der Waals surface area (Å²) in [4.78, 5) is 12.8. The molecule has 0 saturated carbocycles. The molecule has 0 aliphatic rings. The summed E-state index contributed by atoms with van der Waals surface area (Å²) in [5.41, 5.74) is 1.31. The van der Waals surface area contributed by atoms with Gasteiger partial charge in [0, 0.05) is 10.6 Å². The van der Waals surface area contributed by atoms with E-state index in [0.29, 0.717) is 22.3 Å². The Labute approximate surface area is 144 Å². The standard InChI is InChI=1S/C16H18N2O3S2/c1-4-21-12-7-5-11(6-8-12)17-16(22)18-14-13(15(19)20-3)9-10(2)23-14/h5-9H,4H2,1-3H3,(H2,17,18,22). The molecule has 2 N–H and O–H groups in total. The minimum absolute atomic E-state index is 0.388. The van der Waals surface area contributed by atoms with Crippen LogP contribution in [0.3, 0.4) is 0 Å². The lowest BCUT2D eigenvalue weighted by Gasteiger charge is -2.11. The summed E-state index contributed by atoms with van der Waals surface area (Å²) in [6, 6.07) is 9.26. The predicted molar refractivity (Wildman–Crippen MR) is 97.8 cm³/mol. The molecule has 0 amide bonds. The van der Waals surface area contributed by atoms with Crippen LogP contribution in [0.15, 0.2) is 30.3 Å². The molecule has 1 aromatic heterocycles. The van der Waals surface area contributed by atoms with Crippen molar-refractivity contribution in [2.75, 3.05) is 24.4 Å². The summed E-state index contributed by atoms with van der Waals surface area (Å²) < 4.78 is 10.2. The third-order valence-corrected chi connectivity index (χ3v) is 4.08. The van der Waals surface area contributed by atoms with Gasteiger partial charge in [0.05, 0.1) is 19.3 Å². The number of methoxy groups -OCH3 is 1. The van der Waals surface area contributed by atoms with Crippen LogP contribution in [-0.2, 0) is 4.74 Å². The van der Waals surface area contributed by atoms with E-state index >= 15 is 0 Å². The van der Waals surface area contributed by atoms with Gasteiger partial charge >= 0.3 is 5.97 Å². The molecular weight excluding hydrogens is 332 g/mol. The van der Waals surface area contributed by atoms with Gasteiger partial charge in [-0.05, 0) is 56.4 Å². The second-order valence-corrected chi connectivity index (χ2v) is 6.29. The lowest BCUT2D eigenvalue weighted by molar-refractivity contribution is 0.0602. The molecule has 0 fully saturated rings. The molecule has 2 aromatic rings. The van der Waals surface area contributed by atoms with Crippen LogP contribution in [0, 0.1) is 6.92 Å². The molecule has 0 aliphatic heterocycles. The summed E-state index contributed by atoms with van der Waals surface area (Å²) in [6.45, 7) is 4.49. The van der Waals surface area contributed by atoms with Crippen molar-refractivity contribution >= 4 is 45.3 Å². The number of thiophene rings is 1. The fraction of sp³-hybridized carbons (Fsp3) is 0.250. The number of anilines is 2. The van der Waals surface area contributed by atoms with E-state index in [0.717, 1.165) is 16.3 Å². The van der Waals surface area contributed by atoms with Crippen molar-refractivity contribution < 1.29 is 14.3 Å². The molecule has 1 aromatic carbocycles. The van der Waals surface area contributed by atoms with Gasteiger partial charge in [0.1, 0.15) is 10.8 Å². The highest BCUT2D eigenvalue weighted by Gasteiger charge is 2.16. The lowest BCUT2D eigenvalue weighted by Crippen LogP contribution is -2.19. The smallest absolute Gasteiger partial charge is 0.340 e. The zero-order valence-corrected chi connectivity index (χ0v) is 14.8. The van der Waals surface area contributed by atoms with Gasteiger partial charge in [0.15, 0.2) is 5.11 Å². The van der Waals surface area contributed by atoms with Gasteiger partial charge in [-0.15, -0.1) is 11.3 Å². The van der Waals surface area contributed by atoms with Crippen LogP contribution >= 0.6 is 23.6 Å². The van der Waals surface area contributed by atoms with Crippen LogP contribution in [-0.4, -0.2) is 24.8 Å². The van der Waals surface area contributed by atoms with Crippen LogP contribution < -0.4 is 15.4 Å². The number of thiocarbonyl (C=S) groups is 1. The Morgan fingerprint density at radius 1 is 1.26 bits per heavy atom. The number of benzene rings is 1. The minimum Gasteiger partial charge on any atom is -0.494 e. The van der Waals surface area contributed by atoms with E-state index in [2.05, 4.69) is 10.6 Å². The van der Waals surface area contributed by atoms with E-state index in [1.54, 1.807) is 6.07 Å². The number of hydrogen-bond donors (Lipinski definition) is 2. The van der Waals surface area contributed by atoms with E-state index in [1.165, 1.54) is 18.4 Å². The topological polar surface area (TPSA) is 59.6 Å². The molecule has 1 heterocycles. The normalized spacial score (nSPS) is 10.0. The Kier molecular flexibility index (Phi) is 5.95. The first-order valence-electron chi connectivity index (χ1n) is 7.03. The monoisotopic (exact) mass is 350 g/mol. The fourth-order valence-corrected chi connectivity index (χ4v) is 3.12. The Balaban J connectivity index is 2.03. The molecule has 0 atom stereocenters. The zero-order chi connectivity index (χ0) is 16.8. The molecule has 122 valence electrons. The molecule has 0 aliphatic carbocycles. The molecule has 0 saturated heterocycles. The second kappa shape index (κ2) is 7.94. The number of esters is 1.